The van der Waals surface area contributed by atoms with Crippen LogP contribution in [-0.4, -0.2) is 37.5 Å². The highest BCUT2D eigenvalue weighted by atomic mass is 16.2. The van der Waals surface area contributed by atoms with Crippen molar-refractivity contribution in [2.24, 2.45) is 5.41 Å². The minimum atomic E-state index is -0.462. The van der Waals surface area contributed by atoms with Crippen LogP contribution in [0.2, 0.25) is 0 Å². The SMILES string of the molecule is CCCNC(=O)C(C)NC(=O)C1(C)CCNCC1. The van der Waals surface area contributed by atoms with Crippen LogP contribution < -0.4 is 16.0 Å². The van der Waals surface area contributed by atoms with Gasteiger partial charge < -0.3 is 16.0 Å². The van der Waals surface area contributed by atoms with Crippen LogP contribution in [-0.2, 0) is 9.59 Å². The molecular formula is C13H25N3O2. The van der Waals surface area contributed by atoms with Gasteiger partial charge in [-0.15, -0.1) is 0 Å². The maximum absolute atomic E-state index is 12.2. The molecule has 1 atom stereocenters. The van der Waals surface area contributed by atoms with E-state index >= 15 is 0 Å². The Morgan fingerprint density at radius 3 is 2.50 bits per heavy atom. The molecule has 104 valence electrons. The van der Waals surface area contributed by atoms with Crippen LogP contribution in [0.4, 0.5) is 0 Å². The third-order valence-electron chi connectivity index (χ3n) is 3.55. The van der Waals surface area contributed by atoms with Gasteiger partial charge >= 0.3 is 0 Å². The predicted molar refractivity (Wildman–Crippen MR) is 71.1 cm³/mol. The molecule has 1 fully saturated rings. The monoisotopic (exact) mass is 255 g/mol. The second kappa shape index (κ2) is 6.73. The first-order chi connectivity index (χ1) is 8.49. The van der Waals surface area contributed by atoms with Crippen molar-refractivity contribution in [3.05, 3.63) is 0 Å². The summed E-state index contributed by atoms with van der Waals surface area (Å²) in [5, 5.41) is 8.85. The summed E-state index contributed by atoms with van der Waals surface area (Å²) in [6.45, 7) is 8.08. The zero-order valence-corrected chi connectivity index (χ0v) is 11.6. The predicted octanol–water partition coefficient (Wildman–Crippen LogP) is 0.407. The zero-order valence-electron chi connectivity index (χ0n) is 11.6. The van der Waals surface area contributed by atoms with Gasteiger partial charge in [0.25, 0.3) is 0 Å². The van der Waals surface area contributed by atoms with Gasteiger partial charge in [0.2, 0.25) is 11.8 Å². The smallest absolute Gasteiger partial charge is 0.242 e. The van der Waals surface area contributed by atoms with Crippen molar-refractivity contribution >= 4 is 11.8 Å². The highest BCUT2D eigenvalue weighted by Crippen LogP contribution is 2.27. The van der Waals surface area contributed by atoms with Gasteiger partial charge in [-0.25, -0.2) is 0 Å². The molecule has 0 bridgehead atoms. The van der Waals surface area contributed by atoms with Crippen molar-refractivity contribution in [3.8, 4) is 0 Å². The third-order valence-corrected chi connectivity index (χ3v) is 3.55. The fraction of sp³-hybridized carbons (Fsp3) is 0.846. The molecule has 3 N–H and O–H groups in total. The molecule has 0 radical (unpaired) electrons. The lowest BCUT2D eigenvalue weighted by molar-refractivity contribution is -0.135. The minimum Gasteiger partial charge on any atom is -0.354 e. The highest BCUT2D eigenvalue weighted by Gasteiger charge is 2.35. The Labute approximate surface area is 109 Å². The summed E-state index contributed by atoms with van der Waals surface area (Å²) in [5.41, 5.74) is -0.343. The fourth-order valence-corrected chi connectivity index (χ4v) is 2.04. The first-order valence-electron chi connectivity index (χ1n) is 6.79. The van der Waals surface area contributed by atoms with Crippen LogP contribution in [0.5, 0.6) is 0 Å². The largest absolute Gasteiger partial charge is 0.354 e. The molecule has 2 amide bonds. The summed E-state index contributed by atoms with van der Waals surface area (Å²) in [4.78, 5) is 23.9. The molecule has 0 aromatic rings. The van der Waals surface area contributed by atoms with Gasteiger partial charge in [0.15, 0.2) is 0 Å². The summed E-state index contributed by atoms with van der Waals surface area (Å²) in [5.74, 6) is -0.120. The lowest BCUT2D eigenvalue weighted by Crippen LogP contribution is -2.52. The number of carbonyl (C=O) groups excluding carboxylic acids is 2. The van der Waals surface area contributed by atoms with E-state index in [1.807, 2.05) is 13.8 Å². The zero-order chi connectivity index (χ0) is 13.6. The molecule has 5 heteroatoms. The Bertz CT molecular complexity index is 299. The van der Waals surface area contributed by atoms with Gasteiger partial charge in [0.1, 0.15) is 6.04 Å². The van der Waals surface area contributed by atoms with Crippen LogP contribution in [0, 0.1) is 5.41 Å². The molecular weight excluding hydrogens is 230 g/mol. The van der Waals surface area contributed by atoms with E-state index < -0.39 is 6.04 Å². The van der Waals surface area contributed by atoms with E-state index in [1.54, 1.807) is 6.92 Å². The first kappa shape index (κ1) is 15.0. The second-order valence-electron chi connectivity index (χ2n) is 5.30. The molecule has 1 heterocycles. The van der Waals surface area contributed by atoms with Gasteiger partial charge in [-0.1, -0.05) is 13.8 Å². The molecule has 0 aromatic carbocycles. The van der Waals surface area contributed by atoms with E-state index in [0.29, 0.717) is 6.54 Å². The maximum atomic E-state index is 12.2. The summed E-state index contributed by atoms with van der Waals surface area (Å²) in [6, 6.07) is -0.462. The van der Waals surface area contributed by atoms with Gasteiger partial charge in [-0.2, -0.15) is 0 Å². The lowest BCUT2D eigenvalue weighted by Gasteiger charge is -2.33. The quantitative estimate of drug-likeness (QED) is 0.666. The molecule has 1 rings (SSSR count). The van der Waals surface area contributed by atoms with Gasteiger partial charge in [0, 0.05) is 12.0 Å². The van der Waals surface area contributed by atoms with Gasteiger partial charge in [-0.3, -0.25) is 9.59 Å². The van der Waals surface area contributed by atoms with Gasteiger partial charge in [0.05, 0.1) is 0 Å². The Hall–Kier alpha value is -1.10. The number of carbonyl (C=O) groups is 2. The lowest BCUT2D eigenvalue weighted by atomic mass is 9.80. The van der Waals surface area contributed by atoms with Crippen molar-refractivity contribution in [2.75, 3.05) is 19.6 Å². The van der Waals surface area contributed by atoms with Gasteiger partial charge in [-0.05, 0) is 39.3 Å². The average molecular weight is 255 g/mol. The van der Waals surface area contributed by atoms with Crippen molar-refractivity contribution in [2.45, 2.75) is 46.1 Å². The fourth-order valence-electron chi connectivity index (χ4n) is 2.04. The first-order valence-corrected chi connectivity index (χ1v) is 6.79. The van der Waals surface area contributed by atoms with E-state index in [1.165, 1.54) is 0 Å². The van der Waals surface area contributed by atoms with E-state index in [9.17, 15) is 9.59 Å². The summed E-state index contributed by atoms with van der Waals surface area (Å²) in [6.07, 6.45) is 2.54. The van der Waals surface area contributed by atoms with E-state index in [4.69, 9.17) is 0 Å². The number of hydrogen-bond donors (Lipinski definition) is 3. The van der Waals surface area contributed by atoms with Crippen LogP contribution in [0.15, 0.2) is 0 Å². The van der Waals surface area contributed by atoms with Crippen LogP contribution >= 0.6 is 0 Å². The third kappa shape index (κ3) is 3.98. The molecule has 1 aliphatic rings. The number of nitrogens with one attached hydrogen (secondary N) is 3. The maximum Gasteiger partial charge on any atom is 0.242 e. The van der Waals surface area contributed by atoms with E-state index in [0.717, 1.165) is 32.4 Å². The Morgan fingerprint density at radius 2 is 1.94 bits per heavy atom. The second-order valence-corrected chi connectivity index (χ2v) is 5.30. The van der Waals surface area contributed by atoms with Crippen molar-refractivity contribution in [3.63, 3.8) is 0 Å². The van der Waals surface area contributed by atoms with Crippen molar-refractivity contribution < 1.29 is 9.59 Å². The normalized spacial score (nSPS) is 19.9. The molecule has 0 aliphatic carbocycles. The van der Waals surface area contributed by atoms with E-state index in [2.05, 4.69) is 16.0 Å². The average Bonchev–Trinajstić information content (AvgIpc) is 2.36. The van der Waals surface area contributed by atoms with Crippen molar-refractivity contribution in [1.82, 2.24) is 16.0 Å². The minimum absolute atomic E-state index is 0.0110. The number of hydrogen-bond acceptors (Lipinski definition) is 3. The van der Waals surface area contributed by atoms with Crippen LogP contribution in [0.3, 0.4) is 0 Å². The molecule has 1 saturated heterocycles. The van der Waals surface area contributed by atoms with E-state index in [-0.39, 0.29) is 17.2 Å². The molecule has 0 aromatic heterocycles. The topological polar surface area (TPSA) is 70.2 Å². The summed E-state index contributed by atoms with van der Waals surface area (Å²) >= 11 is 0. The highest BCUT2D eigenvalue weighted by molar-refractivity contribution is 5.89. The number of piperidine rings is 1. The Balaban J connectivity index is 2.45. The molecule has 0 saturated carbocycles. The van der Waals surface area contributed by atoms with Crippen LogP contribution in [0.1, 0.15) is 40.0 Å². The number of amides is 2. The molecule has 1 aliphatic heterocycles. The Kier molecular flexibility index (Phi) is 5.59. The van der Waals surface area contributed by atoms with Crippen molar-refractivity contribution in [1.29, 1.82) is 0 Å². The standard InChI is InChI=1S/C13H25N3O2/c1-4-7-15-11(17)10(2)16-12(18)13(3)5-8-14-9-6-13/h10,14H,4-9H2,1-3H3,(H,15,17)(H,16,18). The number of rotatable bonds is 5. The summed E-state index contributed by atoms with van der Waals surface area (Å²) in [7, 11) is 0. The molecule has 1 unspecified atom stereocenters. The molecule has 5 nitrogen and oxygen atoms in total. The van der Waals surface area contributed by atoms with Crippen LogP contribution in [0.25, 0.3) is 0 Å². The molecule has 18 heavy (non-hydrogen) atoms. The Morgan fingerprint density at radius 1 is 1.33 bits per heavy atom. The molecule has 0 spiro atoms. The summed E-state index contributed by atoms with van der Waals surface area (Å²) < 4.78 is 0.